The van der Waals surface area contributed by atoms with Gasteiger partial charge in [0.15, 0.2) is 6.61 Å². The van der Waals surface area contributed by atoms with E-state index in [1.807, 2.05) is 31.2 Å². The van der Waals surface area contributed by atoms with Crippen LogP contribution in [0.25, 0.3) is 0 Å². The molecule has 0 heterocycles. The van der Waals surface area contributed by atoms with E-state index in [0.29, 0.717) is 17.0 Å². The lowest BCUT2D eigenvalue weighted by Gasteiger charge is -2.12. The van der Waals surface area contributed by atoms with Gasteiger partial charge in [0.25, 0.3) is 11.8 Å². The van der Waals surface area contributed by atoms with E-state index in [4.69, 9.17) is 9.47 Å². The van der Waals surface area contributed by atoms with E-state index in [1.165, 1.54) is 0 Å². The van der Waals surface area contributed by atoms with Gasteiger partial charge in [0.05, 0.1) is 24.3 Å². The Morgan fingerprint density at radius 3 is 2.52 bits per heavy atom. The molecule has 1 aliphatic rings. The summed E-state index contributed by atoms with van der Waals surface area (Å²) in [7, 11) is 0. The summed E-state index contributed by atoms with van der Waals surface area (Å²) in [6.07, 6.45) is 1.98. The van der Waals surface area contributed by atoms with Crippen molar-refractivity contribution in [3.05, 3.63) is 59.7 Å². The maximum Gasteiger partial charge on any atom is 0.309 e. The maximum absolute atomic E-state index is 12.3. The zero-order valence-electron chi connectivity index (χ0n) is 16.3. The molecule has 7 heteroatoms. The molecule has 0 unspecified atom stereocenters. The quantitative estimate of drug-likeness (QED) is 0.636. The molecule has 0 bridgehead atoms. The number of esters is 1. The topological polar surface area (TPSA) is 93.7 Å². The van der Waals surface area contributed by atoms with Crippen molar-refractivity contribution < 1.29 is 23.9 Å². The number of amides is 2. The smallest absolute Gasteiger partial charge is 0.309 e. The molecule has 1 fully saturated rings. The van der Waals surface area contributed by atoms with Crippen LogP contribution in [0.5, 0.6) is 5.75 Å². The molecule has 0 aliphatic heterocycles. The lowest BCUT2D eigenvalue weighted by molar-refractivity contribution is -0.147. The highest BCUT2D eigenvalue weighted by Gasteiger charge is 2.25. The average Bonchev–Trinajstić information content (AvgIpc) is 3.52. The number of para-hydroxylation sites is 2. The van der Waals surface area contributed by atoms with Crippen molar-refractivity contribution in [3.8, 4) is 5.75 Å². The van der Waals surface area contributed by atoms with Crippen LogP contribution in [0.15, 0.2) is 48.5 Å². The first-order valence-electron chi connectivity index (χ1n) is 9.56. The van der Waals surface area contributed by atoms with Gasteiger partial charge in [-0.05, 0) is 43.5 Å². The molecule has 2 aromatic rings. The Labute approximate surface area is 169 Å². The predicted molar refractivity (Wildman–Crippen MR) is 108 cm³/mol. The second-order valence-corrected chi connectivity index (χ2v) is 6.87. The van der Waals surface area contributed by atoms with Crippen molar-refractivity contribution in [1.82, 2.24) is 5.32 Å². The Balaban J connectivity index is 1.42. The van der Waals surface area contributed by atoms with E-state index >= 15 is 0 Å². The molecule has 2 aromatic carbocycles. The third kappa shape index (κ3) is 6.34. The van der Waals surface area contributed by atoms with E-state index < -0.39 is 18.5 Å². The minimum Gasteiger partial charge on any atom is -0.493 e. The minimum absolute atomic E-state index is 0.0298. The highest BCUT2D eigenvalue weighted by molar-refractivity contribution is 6.04. The van der Waals surface area contributed by atoms with Crippen molar-refractivity contribution in [2.45, 2.75) is 32.2 Å². The van der Waals surface area contributed by atoms with Crippen molar-refractivity contribution in [2.75, 3.05) is 18.5 Å². The van der Waals surface area contributed by atoms with E-state index in [0.717, 1.165) is 18.4 Å². The van der Waals surface area contributed by atoms with Gasteiger partial charge in [0.2, 0.25) is 0 Å². The first-order valence-corrected chi connectivity index (χ1v) is 9.56. The Morgan fingerprint density at radius 1 is 1.03 bits per heavy atom. The number of ether oxygens (including phenoxy) is 2. The summed E-state index contributed by atoms with van der Waals surface area (Å²) >= 11 is 0. The number of hydrogen-bond acceptors (Lipinski definition) is 5. The molecule has 0 aromatic heterocycles. The molecule has 2 N–H and O–H groups in total. The number of aryl methyl sites for hydroxylation is 1. The van der Waals surface area contributed by atoms with Crippen LogP contribution in [0.2, 0.25) is 0 Å². The molecular weight excluding hydrogens is 372 g/mol. The number of carbonyl (C=O) groups excluding carboxylic acids is 3. The molecule has 0 saturated heterocycles. The van der Waals surface area contributed by atoms with Crippen molar-refractivity contribution >= 4 is 23.5 Å². The lowest BCUT2D eigenvalue weighted by atomic mass is 10.1. The fourth-order valence-electron chi connectivity index (χ4n) is 2.65. The second-order valence-electron chi connectivity index (χ2n) is 6.87. The van der Waals surface area contributed by atoms with Crippen LogP contribution in [0.3, 0.4) is 0 Å². The molecule has 7 nitrogen and oxygen atoms in total. The lowest BCUT2D eigenvalue weighted by Crippen LogP contribution is -2.28. The Kier molecular flexibility index (Phi) is 6.84. The molecule has 2 amide bonds. The van der Waals surface area contributed by atoms with Crippen LogP contribution in [-0.4, -0.2) is 37.0 Å². The second kappa shape index (κ2) is 9.73. The third-order valence-corrected chi connectivity index (χ3v) is 4.38. The average molecular weight is 396 g/mol. The van der Waals surface area contributed by atoms with Crippen LogP contribution in [0.1, 0.15) is 35.2 Å². The zero-order valence-corrected chi connectivity index (χ0v) is 16.3. The van der Waals surface area contributed by atoms with E-state index in [1.54, 1.807) is 24.3 Å². The van der Waals surface area contributed by atoms with E-state index in [-0.39, 0.29) is 25.0 Å². The number of anilines is 1. The van der Waals surface area contributed by atoms with Gasteiger partial charge in [0.1, 0.15) is 5.75 Å². The fraction of sp³-hybridized carbons (Fsp3) is 0.318. The van der Waals surface area contributed by atoms with Gasteiger partial charge in [-0.3, -0.25) is 14.4 Å². The number of hydrogen-bond donors (Lipinski definition) is 2. The summed E-state index contributed by atoms with van der Waals surface area (Å²) in [6.45, 7) is 1.65. The normalized spacial score (nSPS) is 12.7. The van der Waals surface area contributed by atoms with Crippen LogP contribution in [-0.2, 0) is 14.3 Å². The summed E-state index contributed by atoms with van der Waals surface area (Å²) in [5.74, 6) is -0.564. The summed E-state index contributed by atoms with van der Waals surface area (Å²) < 4.78 is 10.5. The number of rotatable bonds is 9. The van der Waals surface area contributed by atoms with Crippen molar-refractivity contribution in [3.63, 3.8) is 0 Å². The Bertz CT molecular complexity index is 892. The molecule has 3 rings (SSSR count). The molecule has 152 valence electrons. The van der Waals surface area contributed by atoms with Gasteiger partial charge >= 0.3 is 5.97 Å². The molecule has 0 radical (unpaired) electrons. The molecule has 29 heavy (non-hydrogen) atoms. The third-order valence-electron chi connectivity index (χ3n) is 4.38. The zero-order chi connectivity index (χ0) is 20.6. The van der Waals surface area contributed by atoms with E-state index in [2.05, 4.69) is 10.6 Å². The maximum atomic E-state index is 12.3. The minimum atomic E-state index is -0.534. The number of carbonyl (C=O) groups is 3. The van der Waals surface area contributed by atoms with Gasteiger partial charge in [-0.25, -0.2) is 0 Å². The van der Waals surface area contributed by atoms with E-state index in [9.17, 15) is 14.4 Å². The Morgan fingerprint density at radius 2 is 1.76 bits per heavy atom. The largest absolute Gasteiger partial charge is 0.493 e. The van der Waals surface area contributed by atoms with Crippen molar-refractivity contribution in [1.29, 1.82) is 0 Å². The van der Waals surface area contributed by atoms with Crippen LogP contribution < -0.4 is 15.4 Å². The summed E-state index contributed by atoms with van der Waals surface area (Å²) in [4.78, 5) is 36.2. The monoisotopic (exact) mass is 396 g/mol. The first-order chi connectivity index (χ1) is 14.0. The van der Waals surface area contributed by atoms with Crippen molar-refractivity contribution in [2.24, 2.45) is 0 Å². The van der Waals surface area contributed by atoms with Crippen LogP contribution in [0, 0.1) is 6.92 Å². The number of benzene rings is 2. The van der Waals surface area contributed by atoms with Gasteiger partial charge in [0, 0.05) is 6.04 Å². The SMILES string of the molecule is Cc1ccccc1OCCC(=O)OCC(=O)Nc1ccccc1C(=O)NC1CC1. The standard InChI is InChI=1S/C22H24N2O5/c1-15-6-2-5-9-19(15)28-13-12-21(26)29-14-20(25)24-18-8-4-3-7-17(18)22(27)23-16-10-11-16/h2-9,16H,10-14H2,1H3,(H,23,27)(H,24,25). The summed E-state index contributed by atoms with van der Waals surface area (Å²) in [6, 6.07) is 14.4. The van der Waals surface area contributed by atoms with Gasteiger partial charge < -0.3 is 20.1 Å². The van der Waals surface area contributed by atoms with Gasteiger partial charge in [-0.2, -0.15) is 0 Å². The first kappa shape index (κ1) is 20.4. The highest BCUT2D eigenvalue weighted by atomic mass is 16.5. The Hall–Kier alpha value is -3.35. The molecule has 0 atom stereocenters. The molecule has 1 aliphatic carbocycles. The molecule has 1 saturated carbocycles. The number of nitrogens with one attached hydrogen (secondary N) is 2. The van der Waals surface area contributed by atoms with Gasteiger partial charge in [-0.1, -0.05) is 30.3 Å². The highest BCUT2D eigenvalue weighted by Crippen LogP contribution is 2.21. The molecular formula is C22H24N2O5. The van der Waals surface area contributed by atoms with Crippen LogP contribution >= 0.6 is 0 Å². The fourth-order valence-corrected chi connectivity index (χ4v) is 2.65. The van der Waals surface area contributed by atoms with Crippen LogP contribution in [0.4, 0.5) is 5.69 Å². The summed E-state index contributed by atoms with van der Waals surface area (Å²) in [5, 5.41) is 5.51. The van der Waals surface area contributed by atoms with Gasteiger partial charge in [-0.15, -0.1) is 0 Å². The predicted octanol–water partition coefficient (Wildman–Crippen LogP) is 2.84. The molecule has 0 spiro atoms. The summed E-state index contributed by atoms with van der Waals surface area (Å²) in [5.41, 5.74) is 1.74.